The number of benzene rings is 1. The molecule has 1 amide bonds. The van der Waals surface area contributed by atoms with Gasteiger partial charge >= 0.3 is 0 Å². The molecule has 20 heavy (non-hydrogen) atoms. The van der Waals surface area contributed by atoms with E-state index in [2.05, 4.69) is 11.1 Å². The van der Waals surface area contributed by atoms with Gasteiger partial charge in [-0.3, -0.25) is 4.79 Å². The molecular formula is C15H17N3O2. The molecule has 0 aliphatic carbocycles. The number of nitrogens with zero attached hydrogens (tertiary/aromatic N) is 2. The third-order valence-corrected chi connectivity index (χ3v) is 3.63. The summed E-state index contributed by atoms with van der Waals surface area (Å²) in [4.78, 5) is 17.8. The lowest BCUT2D eigenvalue weighted by Crippen LogP contribution is -2.30. The Morgan fingerprint density at radius 3 is 3.05 bits per heavy atom. The predicted octanol–water partition coefficient (Wildman–Crippen LogP) is 1.75. The van der Waals surface area contributed by atoms with E-state index in [1.807, 2.05) is 19.2 Å². The maximum absolute atomic E-state index is 11.7. The van der Waals surface area contributed by atoms with Gasteiger partial charge in [-0.15, -0.1) is 0 Å². The SMILES string of the molecule is CN1C(=O)CCc2cc(-c3coc(CCN)n3)ccc21. The van der Waals surface area contributed by atoms with E-state index in [1.165, 1.54) is 5.56 Å². The molecule has 0 fully saturated rings. The molecule has 0 unspecified atom stereocenters. The van der Waals surface area contributed by atoms with Gasteiger partial charge in [-0.05, 0) is 24.1 Å². The van der Waals surface area contributed by atoms with E-state index >= 15 is 0 Å². The number of aryl methyl sites for hydroxylation is 1. The quantitative estimate of drug-likeness (QED) is 0.923. The number of carbonyl (C=O) groups is 1. The van der Waals surface area contributed by atoms with Gasteiger partial charge in [-0.2, -0.15) is 0 Å². The van der Waals surface area contributed by atoms with Crippen LogP contribution in [0.15, 0.2) is 28.9 Å². The van der Waals surface area contributed by atoms with Crippen LogP contribution in [0.25, 0.3) is 11.3 Å². The average molecular weight is 271 g/mol. The fourth-order valence-corrected chi connectivity index (χ4v) is 2.50. The van der Waals surface area contributed by atoms with Crippen LogP contribution in [0, 0.1) is 0 Å². The Bertz CT molecular complexity index is 648. The Balaban J connectivity index is 1.93. The zero-order valence-electron chi connectivity index (χ0n) is 11.4. The number of anilines is 1. The number of rotatable bonds is 3. The predicted molar refractivity (Wildman–Crippen MR) is 76.4 cm³/mol. The summed E-state index contributed by atoms with van der Waals surface area (Å²) >= 11 is 0. The lowest BCUT2D eigenvalue weighted by Gasteiger charge is -2.25. The van der Waals surface area contributed by atoms with Gasteiger partial charge in [0.2, 0.25) is 5.91 Å². The molecule has 1 aliphatic heterocycles. The lowest BCUT2D eigenvalue weighted by atomic mass is 9.98. The van der Waals surface area contributed by atoms with Gasteiger partial charge < -0.3 is 15.1 Å². The number of aromatic nitrogens is 1. The summed E-state index contributed by atoms with van der Waals surface area (Å²) in [5, 5.41) is 0. The topological polar surface area (TPSA) is 72.4 Å². The van der Waals surface area contributed by atoms with Crippen molar-refractivity contribution >= 4 is 11.6 Å². The zero-order valence-corrected chi connectivity index (χ0v) is 11.4. The van der Waals surface area contributed by atoms with Gasteiger partial charge in [0.1, 0.15) is 12.0 Å². The van der Waals surface area contributed by atoms with Gasteiger partial charge in [0, 0.05) is 37.7 Å². The first-order chi connectivity index (χ1) is 9.69. The average Bonchev–Trinajstić information content (AvgIpc) is 2.92. The molecule has 2 N–H and O–H groups in total. The van der Waals surface area contributed by atoms with E-state index in [0.717, 1.165) is 23.4 Å². The van der Waals surface area contributed by atoms with Crippen LogP contribution in [0.2, 0.25) is 0 Å². The molecule has 2 aromatic rings. The number of amides is 1. The van der Waals surface area contributed by atoms with Crippen molar-refractivity contribution in [3.63, 3.8) is 0 Å². The Morgan fingerprint density at radius 2 is 2.25 bits per heavy atom. The molecule has 0 spiro atoms. The molecule has 0 saturated heterocycles. The zero-order chi connectivity index (χ0) is 14.1. The number of fused-ring (bicyclic) bond motifs is 1. The van der Waals surface area contributed by atoms with Crippen molar-refractivity contribution in [1.82, 2.24) is 4.98 Å². The summed E-state index contributed by atoms with van der Waals surface area (Å²) < 4.78 is 5.39. The first-order valence-corrected chi connectivity index (χ1v) is 6.73. The van der Waals surface area contributed by atoms with Crippen LogP contribution in [0.5, 0.6) is 0 Å². The third kappa shape index (κ3) is 2.20. The standard InChI is InChI=1S/C15H17N3O2/c1-18-13-4-2-10(8-11(13)3-5-15(18)19)12-9-20-14(17-12)6-7-16/h2,4,8-9H,3,5-7,16H2,1H3. The van der Waals surface area contributed by atoms with Crippen molar-refractivity contribution < 1.29 is 9.21 Å². The van der Waals surface area contributed by atoms with Crippen LogP contribution in [0.1, 0.15) is 17.9 Å². The lowest BCUT2D eigenvalue weighted by molar-refractivity contribution is -0.118. The maximum atomic E-state index is 11.7. The highest BCUT2D eigenvalue weighted by Crippen LogP contribution is 2.31. The van der Waals surface area contributed by atoms with Crippen molar-refractivity contribution in [2.75, 3.05) is 18.5 Å². The Kier molecular flexibility index (Phi) is 3.28. The van der Waals surface area contributed by atoms with E-state index in [0.29, 0.717) is 25.3 Å². The second kappa shape index (κ2) is 5.09. The maximum Gasteiger partial charge on any atom is 0.227 e. The van der Waals surface area contributed by atoms with Crippen molar-refractivity contribution in [2.45, 2.75) is 19.3 Å². The highest BCUT2D eigenvalue weighted by molar-refractivity contribution is 5.96. The molecule has 0 bridgehead atoms. The summed E-state index contributed by atoms with van der Waals surface area (Å²) in [6, 6.07) is 6.03. The van der Waals surface area contributed by atoms with E-state index in [-0.39, 0.29) is 5.91 Å². The monoisotopic (exact) mass is 271 g/mol. The number of carbonyl (C=O) groups excluding carboxylic acids is 1. The minimum Gasteiger partial charge on any atom is -0.448 e. The third-order valence-electron chi connectivity index (χ3n) is 3.63. The van der Waals surface area contributed by atoms with Crippen LogP contribution in [0.4, 0.5) is 5.69 Å². The molecule has 3 rings (SSSR count). The summed E-state index contributed by atoms with van der Waals surface area (Å²) in [6.07, 6.45) is 3.64. The minimum absolute atomic E-state index is 0.164. The van der Waals surface area contributed by atoms with Crippen LogP contribution >= 0.6 is 0 Å². The Labute approximate surface area is 117 Å². The van der Waals surface area contributed by atoms with Gasteiger partial charge in [0.05, 0.1) is 0 Å². The minimum atomic E-state index is 0.164. The molecule has 0 saturated carbocycles. The van der Waals surface area contributed by atoms with Crippen molar-refractivity contribution in [3.05, 3.63) is 35.9 Å². The number of hydrogen-bond donors (Lipinski definition) is 1. The summed E-state index contributed by atoms with van der Waals surface area (Å²) in [6.45, 7) is 0.525. The van der Waals surface area contributed by atoms with Crippen LogP contribution in [-0.4, -0.2) is 24.5 Å². The molecule has 0 radical (unpaired) electrons. The number of nitrogens with two attached hydrogens (primary N) is 1. The Hall–Kier alpha value is -2.14. The Morgan fingerprint density at radius 1 is 1.40 bits per heavy atom. The van der Waals surface area contributed by atoms with E-state index in [4.69, 9.17) is 10.2 Å². The van der Waals surface area contributed by atoms with Gasteiger partial charge in [0.25, 0.3) is 0 Å². The first-order valence-electron chi connectivity index (χ1n) is 6.73. The van der Waals surface area contributed by atoms with Crippen molar-refractivity contribution in [1.29, 1.82) is 0 Å². The highest BCUT2D eigenvalue weighted by Gasteiger charge is 2.21. The second-order valence-corrected chi connectivity index (χ2v) is 4.96. The van der Waals surface area contributed by atoms with Gasteiger partial charge in [0.15, 0.2) is 5.89 Å². The molecule has 1 aromatic carbocycles. The van der Waals surface area contributed by atoms with E-state index in [9.17, 15) is 4.79 Å². The summed E-state index contributed by atoms with van der Waals surface area (Å²) in [7, 11) is 1.81. The molecule has 5 heteroatoms. The highest BCUT2D eigenvalue weighted by atomic mass is 16.3. The van der Waals surface area contributed by atoms with Crippen LogP contribution in [-0.2, 0) is 17.6 Å². The van der Waals surface area contributed by atoms with Gasteiger partial charge in [-0.25, -0.2) is 4.98 Å². The normalized spacial score (nSPS) is 14.5. The summed E-state index contributed by atoms with van der Waals surface area (Å²) in [5.41, 5.74) is 9.47. The van der Waals surface area contributed by atoms with Crippen molar-refractivity contribution in [2.24, 2.45) is 5.73 Å². The summed E-state index contributed by atoms with van der Waals surface area (Å²) in [5.74, 6) is 0.824. The first kappa shape index (κ1) is 12.9. The molecule has 2 heterocycles. The second-order valence-electron chi connectivity index (χ2n) is 4.96. The number of oxazole rings is 1. The molecule has 1 aromatic heterocycles. The molecule has 1 aliphatic rings. The van der Waals surface area contributed by atoms with E-state index in [1.54, 1.807) is 11.2 Å². The number of hydrogen-bond acceptors (Lipinski definition) is 4. The van der Waals surface area contributed by atoms with Crippen LogP contribution in [0.3, 0.4) is 0 Å². The van der Waals surface area contributed by atoms with Crippen LogP contribution < -0.4 is 10.6 Å². The largest absolute Gasteiger partial charge is 0.448 e. The molecule has 5 nitrogen and oxygen atoms in total. The van der Waals surface area contributed by atoms with Gasteiger partial charge in [-0.1, -0.05) is 6.07 Å². The van der Waals surface area contributed by atoms with E-state index < -0.39 is 0 Å². The molecule has 104 valence electrons. The fourth-order valence-electron chi connectivity index (χ4n) is 2.50. The van der Waals surface area contributed by atoms with Crippen molar-refractivity contribution in [3.8, 4) is 11.3 Å². The molecule has 0 atom stereocenters. The fraction of sp³-hybridized carbons (Fsp3) is 0.333. The smallest absolute Gasteiger partial charge is 0.227 e. The molecular weight excluding hydrogens is 254 g/mol.